The Bertz CT molecular complexity index is 897. The average molecular weight is 377 g/mol. The molecule has 1 heterocycles. The van der Waals surface area contributed by atoms with Crippen LogP contribution in [0.3, 0.4) is 0 Å². The van der Waals surface area contributed by atoms with Gasteiger partial charge in [0.2, 0.25) is 0 Å². The molecule has 2 aromatic rings. The van der Waals surface area contributed by atoms with Gasteiger partial charge < -0.3 is 4.90 Å². The molecule has 1 aliphatic heterocycles. The van der Waals surface area contributed by atoms with E-state index in [0.717, 1.165) is 28.8 Å². The Kier molecular flexibility index (Phi) is 4.62. The van der Waals surface area contributed by atoms with Gasteiger partial charge in [-0.3, -0.25) is 4.79 Å². The van der Waals surface area contributed by atoms with E-state index in [2.05, 4.69) is 6.58 Å². The number of amides is 1. The average Bonchev–Trinajstić information content (AvgIpc) is 2.58. The Labute approximate surface area is 155 Å². The molecule has 1 amide bonds. The quantitative estimate of drug-likeness (QED) is 0.499. The standard InChI is InChI=1S/C21H19F4NO/c1-13(22)19(27)26-12-17-10-15(4-5-16(17)11-20(26,2)3)14-6-8-18(9-7-14)21(23,24)25/h4-10H,1,11-12H2,2-3H3. The van der Waals surface area contributed by atoms with Crippen LogP contribution >= 0.6 is 0 Å². The van der Waals surface area contributed by atoms with Crippen molar-refractivity contribution >= 4 is 5.91 Å². The highest BCUT2D eigenvalue weighted by Gasteiger charge is 2.37. The number of rotatable bonds is 2. The fourth-order valence-electron chi connectivity index (χ4n) is 3.42. The predicted molar refractivity (Wildman–Crippen MR) is 95.5 cm³/mol. The predicted octanol–water partition coefficient (Wildman–Crippen LogP) is 5.52. The highest BCUT2D eigenvalue weighted by molar-refractivity contribution is 5.91. The number of carbonyl (C=O) groups excluding carboxylic acids is 1. The van der Waals surface area contributed by atoms with E-state index in [4.69, 9.17) is 0 Å². The summed E-state index contributed by atoms with van der Waals surface area (Å²) in [5.74, 6) is -1.75. The summed E-state index contributed by atoms with van der Waals surface area (Å²) in [6, 6.07) is 10.5. The van der Waals surface area contributed by atoms with Gasteiger partial charge in [-0.2, -0.15) is 13.2 Å². The van der Waals surface area contributed by atoms with Gasteiger partial charge >= 0.3 is 6.18 Å². The van der Waals surface area contributed by atoms with Crippen LogP contribution in [0.1, 0.15) is 30.5 Å². The smallest absolute Gasteiger partial charge is 0.327 e. The summed E-state index contributed by atoms with van der Waals surface area (Å²) >= 11 is 0. The van der Waals surface area contributed by atoms with Crippen molar-refractivity contribution < 1.29 is 22.4 Å². The van der Waals surface area contributed by atoms with Crippen molar-refractivity contribution in [1.29, 1.82) is 0 Å². The minimum atomic E-state index is -4.38. The van der Waals surface area contributed by atoms with Gasteiger partial charge in [-0.25, -0.2) is 4.39 Å². The first-order chi connectivity index (χ1) is 12.5. The topological polar surface area (TPSA) is 20.3 Å². The Balaban J connectivity index is 1.95. The number of hydrogen-bond donors (Lipinski definition) is 0. The highest BCUT2D eigenvalue weighted by Crippen LogP contribution is 2.35. The molecule has 0 radical (unpaired) electrons. The van der Waals surface area contributed by atoms with Gasteiger partial charge in [0, 0.05) is 12.1 Å². The number of alkyl halides is 3. The molecule has 1 aliphatic rings. The third-order valence-corrected chi connectivity index (χ3v) is 4.91. The van der Waals surface area contributed by atoms with Gasteiger partial charge in [-0.1, -0.05) is 30.8 Å². The van der Waals surface area contributed by atoms with Crippen LogP contribution in [0.5, 0.6) is 0 Å². The summed E-state index contributed by atoms with van der Waals surface area (Å²) in [5.41, 5.74) is 2.00. The van der Waals surface area contributed by atoms with Crippen LogP contribution in [-0.2, 0) is 23.9 Å². The molecule has 0 unspecified atom stereocenters. The molecule has 3 rings (SSSR count). The zero-order valence-electron chi connectivity index (χ0n) is 15.0. The minimum Gasteiger partial charge on any atom is -0.327 e. The first kappa shape index (κ1) is 19.1. The minimum absolute atomic E-state index is 0.221. The molecule has 0 bridgehead atoms. The number of fused-ring (bicyclic) bond motifs is 1. The number of benzene rings is 2. The lowest BCUT2D eigenvalue weighted by molar-refractivity contribution is -0.137. The molecular weight excluding hydrogens is 358 g/mol. The van der Waals surface area contributed by atoms with Gasteiger partial charge in [0.05, 0.1) is 5.56 Å². The molecule has 142 valence electrons. The lowest BCUT2D eigenvalue weighted by atomic mass is 9.84. The summed E-state index contributed by atoms with van der Waals surface area (Å²) in [5, 5.41) is 0. The van der Waals surface area contributed by atoms with E-state index in [9.17, 15) is 22.4 Å². The molecule has 0 N–H and O–H groups in total. The fraction of sp³-hybridized carbons (Fsp3) is 0.286. The first-order valence-electron chi connectivity index (χ1n) is 8.45. The second kappa shape index (κ2) is 6.51. The highest BCUT2D eigenvalue weighted by atomic mass is 19.4. The summed E-state index contributed by atoms with van der Waals surface area (Å²) in [4.78, 5) is 13.6. The molecular formula is C21H19F4NO. The van der Waals surface area contributed by atoms with Crippen molar-refractivity contribution in [3.8, 4) is 11.1 Å². The summed E-state index contributed by atoms with van der Waals surface area (Å²) in [6.45, 7) is 7.04. The molecule has 0 atom stereocenters. The van der Waals surface area contributed by atoms with E-state index in [-0.39, 0.29) is 6.54 Å². The van der Waals surface area contributed by atoms with Crippen molar-refractivity contribution in [3.63, 3.8) is 0 Å². The number of halogens is 4. The van der Waals surface area contributed by atoms with Gasteiger partial charge in [-0.05, 0) is 60.7 Å². The largest absolute Gasteiger partial charge is 0.416 e. The Morgan fingerprint density at radius 1 is 1.04 bits per heavy atom. The molecule has 0 spiro atoms. The number of hydrogen-bond acceptors (Lipinski definition) is 1. The first-order valence-corrected chi connectivity index (χ1v) is 8.45. The zero-order chi connectivity index (χ0) is 20.0. The van der Waals surface area contributed by atoms with E-state index >= 15 is 0 Å². The maximum Gasteiger partial charge on any atom is 0.416 e. The summed E-state index contributed by atoms with van der Waals surface area (Å²) in [7, 11) is 0. The molecule has 27 heavy (non-hydrogen) atoms. The second-order valence-corrected chi connectivity index (χ2v) is 7.34. The Morgan fingerprint density at radius 2 is 1.63 bits per heavy atom. The molecule has 0 fully saturated rings. The molecule has 0 saturated carbocycles. The van der Waals surface area contributed by atoms with Crippen molar-refractivity contribution in [2.24, 2.45) is 0 Å². The molecule has 2 nitrogen and oxygen atoms in total. The summed E-state index contributed by atoms with van der Waals surface area (Å²) < 4.78 is 51.6. The van der Waals surface area contributed by atoms with Gasteiger partial charge in [0.25, 0.3) is 5.91 Å². The number of nitrogens with zero attached hydrogens (tertiary/aromatic N) is 1. The van der Waals surface area contributed by atoms with E-state index in [0.29, 0.717) is 12.0 Å². The Morgan fingerprint density at radius 3 is 2.19 bits per heavy atom. The monoisotopic (exact) mass is 377 g/mol. The van der Waals surface area contributed by atoms with Crippen LogP contribution in [0.15, 0.2) is 54.9 Å². The fourth-order valence-corrected chi connectivity index (χ4v) is 3.42. The van der Waals surface area contributed by atoms with Crippen molar-refractivity contribution in [2.45, 2.75) is 38.5 Å². The van der Waals surface area contributed by atoms with E-state index in [1.54, 1.807) is 0 Å². The van der Waals surface area contributed by atoms with Crippen LogP contribution < -0.4 is 0 Å². The molecule has 0 aliphatic carbocycles. The Hall–Kier alpha value is -2.63. The SMILES string of the molecule is C=C(F)C(=O)N1Cc2cc(-c3ccc(C(F)(F)F)cc3)ccc2CC1(C)C. The van der Waals surface area contributed by atoms with E-state index in [1.807, 2.05) is 32.0 Å². The molecule has 0 aromatic heterocycles. The van der Waals surface area contributed by atoms with Crippen LogP contribution in [0, 0.1) is 0 Å². The van der Waals surface area contributed by atoms with E-state index < -0.39 is 29.0 Å². The molecule has 6 heteroatoms. The van der Waals surface area contributed by atoms with Gasteiger partial charge in [0.1, 0.15) is 0 Å². The van der Waals surface area contributed by atoms with Crippen LogP contribution in [0.2, 0.25) is 0 Å². The number of carbonyl (C=O) groups is 1. The summed E-state index contributed by atoms with van der Waals surface area (Å²) in [6.07, 6.45) is -3.83. The lowest BCUT2D eigenvalue weighted by Crippen LogP contribution is -2.51. The van der Waals surface area contributed by atoms with Gasteiger partial charge in [-0.15, -0.1) is 0 Å². The van der Waals surface area contributed by atoms with E-state index in [1.165, 1.54) is 17.0 Å². The lowest BCUT2D eigenvalue weighted by Gasteiger charge is -2.43. The van der Waals surface area contributed by atoms with Crippen LogP contribution in [0.4, 0.5) is 17.6 Å². The maximum absolute atomic E-state index is 13.4. The molecule has 0 saturated heterocycles. The maximum atomic E-state index is 13.4. The second-order valence-electron chi connectivity index (χ2n) is 7.34. The van der Waals surface area contributed by atoms with Crippen molar-refractivity contribution in [2.75, 3.05) is 0 Å². The van der Waals surface area contributed by atoms with Crippen LogP contribution in [-0.4, -0.2) is 16.3 Å². The van der Waals surface area contributed by atoms with Crippen LogP contribution in [0.25, 0.3) is 11.1 Å². The normalized spacial score (nSPS) is 16.0. The third kappa shape index (κ3) is 3.75. The van der Waals surface area contributed by atoms with Gasteiger partial charge in [0.15, 0.2) is 5.83 Å². The van der Waals surface area contributed by atoms with Crippen molar-refractivity contribution in [1.82, 2.24) is 4.90 Å². The third-order valence-electron chi connectivity index (χ3n) is 4.91. The molecule has 2 aromatic carbocycles. The van der Waals surface area contributed by atoms with Crippen molar-refractivity contribution in [3.05, 3.63) is 71.6 Å². The zero-order valence-corrected chi connectivity index (χ0v) is 15.0.